The van der Waals surface area contributed by atoms with Crippen molar-refractivity contribution in [3.63, 3.8) is 0 Å². The molecule has 0 unspecified atom stereocenters. The lowest BCUT2D eigenvalue weighted by molar-refractivity contribution is 0.0799. The van der Waals surface area contributed by atoms with Crippen LogP contribution in [0.2, 0.25) is 0 Å². The second-order valence-electron chi connectivity index (χ2n) is 7.38. The molecule has 0 bridgehead atoms. The molecule has 3 rings (SSSR count). The Kier molecular flexibility index (Phi) is 5.73. The Labute approximate surface area is 169 Å². The van der Waals surface area contributed by atoms with Gasteiger partial charge < -0.3 is 20.2 Å². The molecular formula is C23H24N2O4. The highest BCUT2D eigenvalue weighted by Crippen LogP contribution is 2.27. The van der Waals surface area contributed by atoms with E-state index < -0.39 is 11.3 Å². The number of nitrogen functional groups attached to an aromatic ring is 1. The lowest BCUT2D eigenvalue weighted by Crippen LogP contribution is -2.22. The van der Waals surface area contributed by atoms with Crippen molar-refractivity contribution in [1.29, 1.82) is 0 Å². The molecule has 1 aromatic heterocycles. The molecule has 0 aliphatic carbocycles. The van der Waals surface area contributed by atoms with Gasteiger partial charge in [-0.2, -0.15) is 0 Å². The molecule has 150 valence electrons. The summed E-state index contributed by atoms with van der Waals surface area (Å²) in [5, 5.41) is 2.75. The summed E-state index contributed by atoms with van der Waals surface area (Å²) in [6.07, 6.45) is 0.679. The first-order valence-electron chi connectivity index (χ1n) is 9.38. The van der Waals surface area contributed by atoms with Gasteiger partial charge in [0.2, 0.25) is 5.78 Å². The molecule has 1 heterocycles. The number of ketones is 1. The van der Waals surface area contributed by atoms with Crippen LogP contribution < -0.4 is 15.8 Å². The van der Waals surface area contributed by atoms with Crippen LogP contribution in [-0.4, -0.2) is 11.7 Å². The molecule has 0 saturated heterocycles. The zero-order chi connectivity index (χ0) is 21.0. The molecular weight excluding hydrogens is 368 g/mol. The highest BCUT2D eigenvalue weighted by Gasteiger charge is 2.29. The van der Waals surface area contributed by atoms with Crippen LogP contribution in [0.4, 0.5) is 11.4 Å². The minimum Gasteiger partial charge on any atom is -0.457 e. The largest absolute Gasteiger partial charge is 0.457 e. The van der Waals surface area contributed by atoms with Crippen molar-refractivity contribution in [2.75, 3.05) is 11.1 Å². The Morgan fingerprint density at radius 3 is 2.07 bits per heavy atom. The van der Waals surface area contributed by atoms with E-state index in [2.05, 4.69) is 5.32 Å². The smallest absolute Gasteiger partial charge is 0.291 e. The normalized spacial score (nSPS) is 11.1. The fourth-order valence-corrected chi connectivity index (χ4v) is 2.55. The van der Waals surface area contributed by atoms with Crippen LogP contribution >= 0.6 is 0 Å². The number of carbonyl (C=O) groups excluding carboxylic acids is 2. The van der Waals surface area contributed by atoms with E-state index in [1.165, 1.54) is 12.1 Å². The number of nitrogens with one attached hydrogen (secondary N) is 1. The monoisotopic (exact) mass is 392 g/mol. The average molecular weight is 392 g/mol. The molecule has 3 aromatic rings. The quantitative estimate of drug-likeness (QED) is 0.407. The molecule has 0 atom stereocenters. The number of furan rings is 1. The summed E-state index contributed by atoms with van der Waals surface area (Å²) < 4.78 is 11.2. The highest BCUT2D eigenvalue weighted by molar-refractivity contribution is 6.04. The summed E-state index contributed by atoms with van der Waals surface area (Å²) in [5.41, 5.74) is 6.37. The van der Waals surface area contributed by atoms with E-state index in [9.17, 15) is 9.59 Å². The molecule has 0 fully saturated rings. The summed E-state index contributed by atoms with van der Waals surface area (Å²) in [6.45, 7) is 5.65. The topological polar surface area (TPSA) is 94.6 Å². The van der Waals surface area contributed by atoms with Gasteiger partial charge in [0, 0.05) is 16.8 Å². The third-order valence-electron chi connectivity index (χ3n) is 4.78. The predicted molar refractivity (Wildman–Crippen MR) is 112 cm³/mol. The summed E-state index contributed by atoms with van der Waals surface area (Å²) in [5.74, 6) is 1.02. The van der Waals surface area contributed by atoms with Gasteiger partial charge in [-0.3, -0.25) is 9.59 Å². The third kappa shape index (κ3) is 4.85. The number of Topliss-reactive ketones (excluding diaryl/α,β-unsaturated/α-hetero) is 1. The maximum Gasteiger partial charge on any atom is 0.291 e. The maximum absolute atomic E-state index is 12.5. The van der Waals surface area contributed by atoms with Gasteiger partial charge in [0.05, 0.1) is 0 Å². The van der Waals surface area contributed by atoms with Gasteiger partial charge in [-0.05, 0) is 67.1 Å². The maximum atomic E-state index is 12.5. The summed E-state index contributed by atoms with van der Waals surface area (Å²) in [4.78, 5) is 24.9. The lowest BCUT2D eigenvalue weighted by atomic mass is 9.84. The molecule has 0 radical (unpaired) electrons. The van der Waals surface area contributed by atoms with E-state index >= 15 is 0 Å². The van der Waals surface area contributed by atoms with Gasteiger partial charge >= 0.3 is 0 Å². The first-order chi connectivity index (χ1) is 13.8. The van der Waals surface area contributed by atoms with Crippen molar-refractivity contribution >= 4 is 23.1 Å². The number of amides is 1. The number of hydrogen-bond donors (Lipinski definition) is 2. The van der Waals surface area contributed by atoms with E-state index in [-0.39, 0.29) is 17.3 Å². The van der Waals surface area contributed by atoms with Crippen LogP contribution in [0, 0.1) is 5.41 Å². The Hall–Kier alpha value is -3.54. The minimum absolute atomic E-state index is 0.0856. The summed E-state index contributed by atoms with van der Waals surface area (Å²) in [6, 6.07) is 17.0. The lowest BCUT2D eigenvalue weighted by Gasteiger charge is -2.18. The average Bonchev–Trinajstić information content (AvgIpc) is 3.21. The van der Waals surface area contributed by atoms with Crippen LogP contribution in [0.15, 0.2) is 65.1 Å². The number of carbonyl (C=O) groups is 2. The Morgan fingerprint density at radius 2 is 1.48 bits per heavy atom. The van der Waals surface area contributed by atoms with Gasteiger partial charge in [0.25, 0.3) is 5.91 Å². The molecule has 3 N–H and O–H groups in total. The fourth-order valence-electron chi connectivity index (χ4n) is 2.55. The fraction of sp³-hybridized carbons (Fsp3) is 0.217. The summed E-state index contributed by atoms with van der Waals surface area (Å²) in [7, 11) is 0. The van der Waals surface area contributed by atoms with E-state index in [1.807, 2.05) is 20.8 Å². The number of anilines is 2. The molecule has 1 amide bonds. The van der Waals surface area contributed by atoms with Crippen molar-refractivity contribution in [2.24, 2.45) is 5.41 Å². The number of rotatable bonds is 7. The second kappa shape index (κ2) is 8.22. The van der Waals surface area contributed by atoms with E-state index in [0.29, 0.717) is 29.3 Å². The molecule has 6 nitrogen and oxygen atoms in total. The zero-order valence-corrected chi connectivity index (χ0v) is 16.7. The van der Waals surface area contributed by atoms with E-state index in [1.54, 1.807) is 48.5 Å². The molecule has 0 aliphatic heterocycles. The Morgan fingerprint density at radius 1 is 0.931 bits per heavy atom. The van der Waals surface area contributed by atoms with Gasteiger partial charge in [-0.25, -0.2) is 0 Å². The van der Waals surface area contributed by atoms with Gasteiger partial charge in [0.1, 0.15) is 11.5 Å². The van der Waals surface area contributed by atoms with Crippen molar-refractivity contribution in [3.05, 3.63) is 72.2 Å². The third-order valence-corrected chi connectivity index (χ3v) is 4.78. The molecule has 6 heteroatoms. The minimum atomic E-state index is -0.536. The second-order valence-corrected chi connectivity index (χ2v) is 7.38. The number of ether oxygens (including phenoxy) is 1. The van der Waals surface area contributed by atoms with Crippen molar-refractivity contribution < 1.29 is 18.7 Å². The standard InChI is InChI=1S/C23H24N2O4/c1-4-23(2,3)21(26)19-13-14-20(29-19)22(27)25-16-7-11-18(12-8-16)28-17-9-5-15(24)6-10-17/h5-14H,4,24H2,1-3H3,(H,25,27). The number of nitrogens with two attached hydrogens (primary N) is 1. The first kappa shape index (κ1) is 20.2. The van der Waals surface area contributed by atoms with Crippen LogP contribution in [0.3, 0.4) is 0 Å². The van der Waals surface area contributed by atoms with Crippen LogP contribution in [-0.2, 0) is 0 Å². The number of hydrogen-bond acceptors (Lipinski definition) is 5. The zero-order valence-electron chi connectivity index (χ0n) is 16.7. The van der Waals surface area contributed by atoms with Crippen molar-refractivity contribution in [2.45, 2.75) is 27.2 Å². The van der Waals surface area contributed by atoms with Crippen molar-refractivity contribution in [1.82, 2.24) is 0 Å². The Bertz CT molecular complexity index is 1000. The van der Waals surface area contributed by atoms with Crippen LogP contribution in [0.5, 0.6) is 11.5 Å². The van der Waals surface area contributed by atoms with Gasteiger partial charge in [-0.1, -0.05) is 20.8 Å². The van der Waals surface area contributed by atoms with E-state index in [0.717, 1.165) is 0 Å². The molecule has 0 saturated carbocycles. The molecule has 0 spiro atoms. The molecule has 0 aliphatic rings. The van der Waals surface area contributed by atoms with Crippen LogP contribution in [0.25, 0.3) is 0 Å². The predicted octanol–water partition coefficient (Wildman–Crippen LogP) is 5.53. The highest BCUT2D eigenvalue weighted by atomic mass is 16.5. The van der Waals surface area contributed by atoms with Crippen LogP contribution in [0.1, 0.15) is 48.3 Å². The Balaban J connectivity index is 1.64. The summed E-state index contributed by atoms with van der Waals surface area (Å²) >= 11 is 0. The van der Waals surface area contributed by atoms with Crippen molar-refractivity contribution in [3.8, 4) is 11.5 Å². The van der Waals surface area contributed by atoms with E-state index in [4.69, 9.17) is 14.9 Å². The molecule has 2 aromatic carbocycles. The van der Waals surface area contributed by atoms with Gasteiger partial charge in [-0.15, -0.1) is 0 Å². The molecule has 29 heavy (non-hydrogen) atoms. The SMILES string of the molecule is CCC(C)(C)C(=O)c1ccc(C(=O)Nc2ccc(Oc3ccc(N)cc3)cc2)o1. The van der Waals surface area contributed by atoms with Gasteiger partial charge in [0.15, 0.2) is 11.5 Å². The first-order valence-corrected chi connectivity index (χ1v) is 9.38. The number of benzene rings is 2.